The van der Waals surface area contributed by atoms with Crippen molar-refractivity contribution in [3.8, 4) is 11.5 Å². The molecule has 1 amide bonds. The molecule has 2 N–H and O–H groups in total. The van der Waals surface area contributed by atoms with E-state index in [1.807, 2.05) is 11.6 Å². The number of ether oxygens (including phenoxy) is 1. The molecule has 0 radical (unpaired) electrons. The SMILES string of the molecule is Cn1cncc1-c1nc(C(N)=O)cc(C2CCOCC2)n1. The average molecular weight is 287 g/mol. The zero-order chi connectivity index (χ0) is 14.8. The molecule has 7 nitrogen and oxygen atoms in total. The first-order valence-electron chi connectivity index (χ1n) is 6.88. The average Bonchev–Trinajstić information content (AvgIpc) is 2.94. The van der Waals surface area contributed by atoms with Crippen LogP contribution in [0.1, 0.15) is 34.9 Å². The summed E-state index contributed by atoms with van der Waals surface area (Å²) < 4.78 is 7.18. The van der Waals surface area contributed by atoms with Crippen molar-refractivity contribution in [2.75, 3.05) is 13.2 Å². The van der Waals surface area contributed by atoms with Crippen LogP contribution in [-0.4, -0.2) is 38.6 Å². The van der Waals surface area contributed by atoms with E-state index in [9.17, 15) is 4.79 Å². The lowest BCUT2D eigenvalue weighted by Gasteiger charge is -2.22. The molecule has 0 aliphatic carbocycles. The van der Waals surface area contributed by atoms with Gasteiger partial charge in [-0.1, -0.05) is 0 Å². The maximum Gasteiger partial charge on any atom is 0.267 e. The van der Waals surface area contributed by atoms with Crippen LogP contribution < -0.4 is 5.73 Å². The summed E-state index contributed by atoms with van der Waals surface area (Å²) in [6, 6.07) is 1.69. The Morgan fingerprint density at radius 1 is 1.38 bits per heavy atom. The first-order chi connectivity index (χ1) is 10.1. The second-order valence-corrected chi connectivity index (χ2v) is 5.14. The molecular formula is C14H17N5O2. The minimum atomic E-state index is -0.547. The van der Waals surface area contributed by atoms with E-state index in [2.05, 4.69) is 15.0 Å². The Morgan fingerprint density at radius 2 is 2.14 bits per heavy atom. The topological polar surface area (TPSA) is 95.9 Å². The first-order valence-corrected chi connectivity index (χ1v) is 6.88. The van der Waals surface area contributed by atoms with E-state index in [4.69, 9.17) is 10.5 Å². The second-order valence-electron chi connectivity index (χ2n) is 5.14. The molecule has 0 atom stereocenters. The highest BCUT2D eigenvalue weighted by Crippen LogP contribution is 2.27. The maximum absolute atomic E-state index is 11.5. The van der Waals surface area contributed by atoms with E-state index in [0.29, 0.717) is 19.0 Å². The molecule has 2 aromatic rings. The van der Waals surface area contributed by atoms with E-state index >= 15 is 0 Å². The molecule has 3 heterocycles. The molecule has 1 aliphatic heterocycles. The minimum absolute atomic E-state index is 0.239. The van der Waals surface area contributed by atoms with Crippen LogP contribution in [0.15, 0.2) is 18.6 Å². The number of hydrogen-bond donors (Lipinski definition) is 1. The predicted octanol–water partition coefficient (Wildman–Crippen LogP) is 0.870. The van der Waals surface area contributed by atoms with Crippen LogP contribution in [0, 0.1) is 0 Å². The molecule has 110 valence electrons. The van der Waals surface area contributed by atoms with Crippen molar-refractivity contribution >= 4 is 5.91 Å². The Balaban J connectivity index is 2.06. The molecular weight excluding hydrogens is 270 g/mol. The molecule has 0 saturated carbocycles. The van der Waals surface area contributed by atoms with Gasteiger partial charge in [0.1, 0.15) is 11.4 Å². The largest absolute Gasteiger partial charge is 0.381 e. The van der Waals surface area contributed by atoms with Crippen LogP contribution in [-0.2, 0) is 11.8 Å². The number of amides is 1. The third-order valence-corrected chi connectivity index (χ3v) is 3.68. The van der Waals surface area contributed by atoms with Crippen molar-refractivity contribution in [2.24, 2.45) is 12.8 Å². The highest BCUT2D eigenvalue weighted by Gasteiger charge is 2.21. The van der Waals surface area contributed by atoms with E-state index in [1.165, 1.54) is 0 Å². The smallest absolute Gasteiger partial charge is 0.267 e. The van der Waals surface area contributed by atoms with Crippen LogP contribution in [0.5, 0.6) is 0 Å². The van der Waals surface area contributed by atoms with Crippen LogP contribution in [0.25, 0.3) is 11.5 Å². The molecule has 2 aromatic heterocycles. The van der Waals surface area contributed by atoms with Crippen molar-refractivity contribution in [1.29, 1.82) is 0 Å². The summed E-state index contributed by atoms with van der Waals surface area (Å²) in [5.74, 6) is 0.203. The van der Waals surface area contributed by atoms with Gasteiger partial charge >= 0.3 is 0 Å². The molecule has 1 aliphatic rings. The van der Waals surface area contributed by atoms with E-state index < -0.39 is 5.91 Å². The third kappa shape index (κ3) is 2.78. The number of nitrogens with two attached hydrogens (primary N) is 1. The maximum atomic E-state index is 11.5. The van der Waals surface area contributed by atoms with E-state index in [-0.39, 0.29) is 11.6 Å². The second kappa shape index (κ2) is 5.61. The normalized spacial score (nSPS) is 16.0. The molecule has 1 fully saturated rings. The van der Waals surface area contributed by atoms with Crippen LogP contribution in [0.2, 0.25) is 0 Å². The van der Waals surface area contributed by atoms with Crippen molar-refractivity contribution < 1.29 is 9.53 Å². The van der Waals surface area contributed by atoms with Crippen molar-refractivity contribution in [2.45, 2.75) is 18.8 Å². The van der Waals surface area contributed by atoms with Gasteiger partial charge in [0, 0.05) is 31.9 Å². The Morgan fingerprint density at radius 3 is 2.76 bits per heavy atom. The molecule has 0 unspecified atom stereocenters. The van der Waals surface area contributed by atoms with Gasteiger partial charge in [0.05, 0.1) is 12.5 Å². The summed E-state index contributed by atoms with van der Waals surface area (Å²) in [5, 5.41) is 0. The lowest BCUT2D eigenvalue weighted by molar-refractivity contribution is 0.0844. The van der Waals surface area contributed by atoms with Crippen LogP contribution >= 0.6 is 0 Å². The van der Waals surface area contributed by atoms with Gasteiger partial charge in [-0.05, 0) is 18.9 Å². The fourth-order valence-corrected chi connectivity index (χ4v) is 2.48. The summed E-state index contributed by atoms with van der Waals surface area (Å²) in [6.45, 7) is 1.42. The van der Waals surface area contributed by atoms with Crippen molar-refractivity contribution in [3.63, 3.8) is 0 Å². The number of primary amides is 1. The molecule has 0 aromatic carbocycles. The zero-order valence-electron chi connectivity index (χ0n) is 11.8. The summed E-state index contributed by atoms with van der Waals surface area (Å²) in [5.41, 5.74) is 7.24. The van der Waals surface area contributed by atoms with Crippen LogP contribution in [0.4, 0.5) is 0 Å². The summed E-state index contributed by atoms with van der Waals surface area (Å²) in [6.07, 6.45) is 5.12. The van der Waals surface area contributed by atoms with Gasteiger partial charge in [0.15, 0.2) is 5.82 Å². The van der Waals surface area contributed by atoms with Gasteiger partial charge in [-0.2, -0.15) is 0 Å². The van der Waals surface area contributed by atoms with Crippen LogP contribution in [0.3, 0.4) is 0 Å². The lowest BCUT2D eigenvalue weighted by atomic mass is 9.95. The third-order valence-electron chi connectivity index (χ3n) is 3.68. The quantitative estimate of drug-likeness (QED) is 0.903. The van der Waals surface area contributed by atoms with Gasteiger partial charge in [-0.15, -0.1) is 0 Å². The van der Waals surface area contributed by atoms with Gasteiger partial charge in [0.2, 0.25) is 0 Å². The highest BCUT2D eigenvalue weighted by atomic mass is 16.5. The lowest BCUT2D eigenvalue weighted by Crippen LogP contribution is -2.19. The minimum Gasteiger partial charge on any atom is -0.381 e. The fourth-order valence-electron chi connectivity index (χ4n) is 2.48. The Labute approximate surface area is 122 Å². The predicted molar refractivity (Wildman–Crippen MR) is 75.5 cm³/mol. The molecule has 7 heteroatoms. The zero-order valence-corrected chi connectivity index (χ0v) is 11.8. The number of nitrogens with zero attached hydrogens (tertiary/aromatic N) is 4. The molecule has 1 saturated heterocycles. The van der Waals surface area contributed by atoms with E-state index in [1.54, 1.807) is 18.6 Å². The number of rotatable bonds is 3. The highest BCUT2D eigenvalue weighted by molar-refractivity contribution is 5.91. The number of carbonyl (C=O) groups excluding carboxylic acids is 1. The number of hydrogen-bond acceptors (Lipinski definition) is 5. The first kappa shape index (κ1) is 13.7. The number of imidazole rings is 1. The molecule has 0 bridgehead atoms. The van der Waals surface area contributed by atoms with Gasteiger partial charge < -0.3 is 15.0 Å². The van der Waals surface area contributed by atoms with Gasteiger partial charge in [0.25, 0.3) is 5.91 Å². The number of aryl methyl sites for hydroxylation is 1. The molecule has 0 spiro atoms. The van der Waals surface area contributed by atoms with Gasteiger partial charge in [-0.3, -0.25) is 4.79 Å². The van der Waals surface area contributed by atoms with Crippen molar-refractivity contribution in [1.82, 2.24) is 19.5 Å². The summed E-state index contributed by atoms with van der Waals surface area (Å²) in [7, 11) is 1.86. The summed E-state index contributed by atoms with van der Waals surface area (Å²) >= 11 is 0. The molecule has 3 rings (SSSR count). The number of carbonyl (C=O) groups is 1. The van der Waals surface area contributed by atoms with E-state index in [0.717, 1.165) is 24.2 Å². The Hall–Kier alpha value is -2.28. The Bertz CT molecular complexity index is 661. The van der Waals surface area contributed by atoms with Gasteiger partial charge in [-0.25, -0.2) is 15.0 Å². The fraction of sp³-hybridized carbons (Fsp3) is 0.429. The monoisotopic (exact) mass is 287 g/mol. The molecule has 21 heavy (non-hydrogen) atoms. The van der Waals surface area contributed by atoms with Crippen molar-refractivity contribution in [3.05, 3.63) is 30.0 Å². The standard InChI is InChI=1S/C14H17N5O2/c1-19-8-16-7-12(19)14-17-10(6-11(18-14)13(15)20)9-2-4-21-5-3-9/h6-9H,2-5H2,1H3,(H2,15,20). The number of aromatic nitrogens is 4. The summed E-state index contributed by atoms with van der Waals surface area (Å²) in [4.78, 5) is 24.4. The Kier molecular flexibility index (Phi) is 3.66.